The van der Waals surface area contributed by atoms with Gasteiger partial charge in [0.1, 0.15) is 6.61 Å². The van der Waals surface area contributed by atoms with Crippen LogP contribution in [-0.2, 0) is 9.53 Å². The molecule has 0 aromatic heterocycles. The fourth-order valence-electron chi connectivity index (χ4n) is 1.14. The first-order valence-electron chi connectivity index (χ1n) is 5.07. The van der Waals surface area contributed by atoms with E-state index in [4.69, 9.17) is 9.84 Å². The second-order valence-corrected chi connectivity index (χ2v) is 3.57. The predicted molar refractivity (Wildman–Crippen MR) is 55.0 cm³/mol. The van der Waals surface area contributed by atoms with Gasteiger partial charge in [0.25, 0.3) is 0 Å². The van der Waals surface area contributed by atoms with Gasteiger partial charge in [-0.15, -0.1) is 0 Å². The Kier molecular flexibility index (Phi) is 6.49. The normalized spacial score (nSPS) is 14.9. The summed E-state index contributed by atoms with van der Waals surface area (Å²) in [6.45, 7) is 6.47. The number of hydrogen-bond donors (Lipinski definition) is 2. The second kappa shape index (κ2) is 6.79. The number of rotatable bonds is 7. The number of amides is 1. The lowest BCUT2D eigenvalue weighted by atomic mass is 9.95. The molecule has 0 aromatic rings. The van der Waals surface area contributed by atoms with Crippen molar-refractivity contribution < 1.29 is 14.6 Å². The van der Waals surface area contributed by atoms with Crippen molar-refractivity contribution in [2.45, 2.75) is 39.2 Å². The molecule has 14 heavy (non-hydrogen) atoms. The summed E-state index contributed by atoms with van der Waals surface area (Å²) in [5, 5.41) is 11.7. The smallest absolute Gasteiger partial charge is 0.246 e. The van der Waals surface area contributed by atoms with Gasteiger partial charge in [-0.05, 0) is 26.7 Å². The molecule has 84 valence electrons. The van der Waals surface area contributed by atoms with Gasteiger partial charge in [-0.25, -0.2) is 0 Å². The Hall–Kier alpha value is -0.610. The van der Waals surface area contributed by atoms with E-state index in [1.165, 1.54) is 0 Å². The lowest BCUT2D eigenvalue weighted by Crippen LogP contribution is -2.47. The standard InChI is InChI=1S/C10H21NO3/c1-4-10(3,6-7-12)11-9(13)8-14-5-2/h12H,4-8H2,1-3H3,(H,11,13). The van der Waals surface area contributed by atoms with Gasteiger partial charge in [0.05, 0.1) is 0 Å². The number of hydrogen-bond acceptors (Lipinski definition) is 3. The SMILES string of the molecule is CCOCC(=O)NC(C)(CC)CCO. The van der Waals surface area contributed by atoms with Crippen molar-refractivity contribution in [1.82, 2.24) is 5.32 Å². The summed E-state index contributed by atoms with van der Waals surface area (Å²) < 4.78 is 4.99. The van der Waals surface area contributed by atoms with Crippen molar-refractivity contribution in [1.29, 1.82) is 0 Å². The maximum Gasteiger partial charge on any atom is 0.246 e. The van der Waals surface area contributed by atoms with E-state index in [2.05, 4.69) is 5.32 Å². The topological polar surface area (TPSA) is 58.6 Å². The minimum atomic E-state index is -0.317. The summed E-state index contributed by atoms with van der Waals surface area (Å²) in [7, 11) is 0. The van der Waals surface area contributed by atoms with E-state index in [1.807, 2.05) is 20.8 Å². The van der Waals surface area contributed by atoms with Crippen LogP contribution >= 0.6 is 0 Å². The van der Waals surface area contributed by atoms with Crippen LogP contribution in [0.4, 0.5) is 0 Å². The Morgan fingerprint density at radius 2 is 2.14 bits per heavy atom. The van der Waals surface area contributed by atoms with E-state index in [0.717, 1.165) is 6.42 Å². The largest absolute Gasteiger partial charge is 0.396 e. The van der Waals surface area contributed by atoms with Gasteiger partial charge < -0.3 is 15.2 Å². The predicted octanol–water partition coefficient (Wildman–Crippen LogP) is 0.690. The molecule has 4 nitrogen and oxygen atoms in total. The summed E-state index contributed by atoms with van der Waals surface area (Å²) in [6.07, 6.45) is 1.37. The molecule has 0 rings (SSSR count). The fourth-order valence-corrected chi connectivity index (χ4v) is 1.14. The Morgan fingerprint density at radius 1 is 1.50 bits per heavy atom. The minimum absolute atomic E-state index is 0.0826. The third-order valence-corrected chi connectivity index (χ3v) is 2.32. The van der Waals surface area contributed by atoms with E-state index in [-0.39, 0.29) is 24.7 Å². The highest BCUT2D eigenvalue weighted by molar-refractivity contribution is 5.77. The van der Waals surface area contributed by atoms with Gasteiger partial charge in [-0.2, -0.15) is 0 Å². The Bertz CT molecular complexity index is 173. The van der Waals surface area contributed by atoms with Crippen molar-refractivity contribution in [2.75, 3.05) is 19.8 Å². The van der Waals surface area contributed by atoms with Crippen LogP contribution in [0.2, 0.25) is 0 Å². The molecule has 0 aliphatic rings. The molecule has 0 aliphatic carbocycles. The number of aliphatic hydroxyl groups is 1. The van der Waals surface area contributed by atoms with Gasteiger partial charge in [0, 0.05) is 18.8 Å². The van der Waals surface area contributed by atoms with Gasteiger partial charge >= 0.3 is 0 Å². The van der Waals surface area contributed by atoms with Crippen LogP contribution in [-0.4, -0.2) is 36.4 Å². The van der Waals surface area contributed by atoms with Crippen LogP contribution in [0.25, 0.3) is 0 Å². The van der Waals surface area contributed by atoms with Gasteiger partial charge in [0.2, 0.25) is 5.91 Å². The molecule has 0 radical (unpaired) electrons. The highest BCUT2D eigenvalue weighted by Gasteiger charge is 2.23. The average molecular weight is 203 g/mol. The van der Waals surface area contributed by atoms with E-state index < -0.39 is 0 Å². The maximum absolute atomic E-state index is 11.3. The molecule has 1 atom stereocenters. The summed E-state index contributed by atoms with van der Waals surface area (Å²) in [5.74, 6) is -0.121. The van der Waals surface area contributed by atoms with Crippen LogP contribution in [0.3, 0.4) is 0 Å². The minimum Gasteiger partial charge on any atom is -0.396 e. The van der Waals surface area contributed by atoms with Gasteiger partial charge in [0.15, 0.2) is 0 Å². The highest BCUT2D eigenvalue weighted by Crippen LogP contribution is 2.13. The molecule has 0 saturated carbocycles. The fraction of sp³-hybridized carbons (Fsp3) is 0.900. The summed E-state index contributed by atoms with van der Waals surface area (Å²) >= 11 is 0. The number of aliphatic hydroxyl groups excluding tert-OH is 1. The Labute approximate surface area is 85.6 Å². The molecule has 0 fully saturated rings. The van der Waals surface area contributed by atoms with E-state index in [1.54, 1.807) is 0 Å². The first kappa shape index (κ1) is 13.4. The monoisotopic (exact) mass is 203 g/mol. The Morgan fingerprint density at radius 3 is 2.57 bits per heavy atom. The molecule has 0 spiro atoms. The van der Waals surface area contributed by atoms with Crippen LogP contribution < -0.4 is 5.32 Å². The quantitative estimate of drug-likeness (QED) is 0.640. The number of ether oxygens (including phenoxy) is 1. The van der Waals surface area contributed by atoms with Crippen molar-refractivity contribution in [3.63, 3.8) is 0 Å². The third kappa shape index (κ3) is 5.19. The zero-order chi connectivity index (χ0) is 11.0. The lowest BCUT2D eigenvalue weighted by Gasteiger charge is -2.28. The van der Waals surface area contributed by atoms with Gasteiger partial charge in [-0.3, -0.25) is 4.79 Å². The molecule has 0 aromatic carbocycles. The van der Waals surface area contributed by atoms with Crippen molar-refractivity contribution in [3.05, 3.63) is 0 Å². The number of nitrogens with one attached hydrogen (secondary N) is 1. The van der Waals surface area contributed by atoms with E-state index >= 15 is 0 Å². The zero-order valence-corrected chi connectivity index (χ0v) is 9.30. The Balaban J connectivity index is 3.96. The van der Waals surface area contributed by atoms with Crippen molar-refractivity contribution in [2.24, 2.45) is 0 Å². The van der Waals surface area contributed by atoms with Crippen LogP contribution in [0.5, 0.6) is 0 Å². The summed E-state index contributed by atoms with van der Waals surface area (Å²) in [4.78, 5) is 11.3. The molecule has 0 heterocycles. The number of carbonyl (C=O) groups is 1. The summed E-state index contributed by atoms with van der Waals surface area (Å²) in [6, 6.07) is 0. The van der Waals surface area contributed by atoms with Crippen molar-refractivity contribution in [3.8, 4) is 0 Å². The van der Waals surface area contributed by atoms with Crippen molar-refractivity contribution >= 4 is 5.91 Å². The molecule has 2 N–H and O–H groups in total. The molecule has 1 amide bonds. The molecule has 0 saturated heterocycles. The van der Waals surface area contributed by atoms with Gasteiger partial charge in [-0.1, -0.05) is 6.92 Å². The highest BCUT2D eigenvalue weighted by atomic mass is 16.5. The summed E-state index contributed by atoms with van der Waals surface area (Å²) in [5.41, 5.74) is -0.317. The van der Waals surface area contributed by atoms with E-state index in [9.17, 15) is 4.79 Å². The molecule has 4 heteroatoms. The second-order valence-electron chi connectivity index (χ2n) is 3.57. The molecule has 0 bridgehead atoms. The van der Waals surface area contributed by atoms with Crippen LogP contribution in [0.1, 0.15) is 33.6 Å². The first-order chi connectivity index (χ1) is 6.58. The zero-order valence-electron chi connectivity index (χ0n) is 9.30. The first-order valence-corrected chi connectivity index (χ1v) is 5.07. The molecular formula is C10H21NO3. The average Bonchev–Trinajstić information content (AvgIpc) is 2.15. The van der Waals surface area contributed by atoms with Crippen LogP contribution in [0.15, 0.2) is 0 Å². The number of carbonyl (C=O) groups excluding carboxylic acids is 1. The molecular weight excluding hydrogens is 182 g/mol. The third-order valence-electron chi connectivity index (χ3n) is 2.32. The lowest BCUT2D eigenvalue weighted by molar-refractivity contribution is -0.127. The molecule has 0 aliphatic heterocycles. The molecule has 1 unspecified atom stereocenters. The maximum atomic E-state index is 11.3. The van der Waals surface area contributed by atoms with E-state index in [0.29, 0.717) is 13.0 Å². The van der Waals surface area contributed by atoms with Crippen LogP contribution in [0, 0.1) is 0 Å².